The molecule has 0 saturated heterocycles. The van der Waals surface area contributed by atoms with Crippen LogP contribution in [0.1, 0.15) is 10.6 Å². The lowest BCUT2D eigenvalue weighted by Gasteiger charge is -2.06. The van der Waals surface area contributed by atoms with Crippen molar-refractivity contribution in [1.29, 1.82) is 0 Å². The average Bonchev–Trinajstić information content (AvgIpc) is 3.33. The third-order valence-electron chi connectivity index (χ3n) is 3.81. The molecule has 1 aliphatic rings. The minimum Gasteiger partial charge on any atom is -0.497 e. The number of carbonyl (C=O) groups is 1. The van der Waals surface area contributed by atoms with Crippen LogP contribution in [0.25, 0.3) is 10.2 Å². The number of hydrogen-bond acceptors (Lipinski definition) is 8. The van der Waals surface area contributed by atoms with E-state index in [4.69, 9.17) is 9.47 Å². The quantitative estimate of drug-likeness (QED) is 0.628. The van der Waals surface area contributed by atoms with Crippen LogP contribution in [0.5, 0.6) is 5.75 Å². The van der Waals surface area contributed by atoms with E-state index < -0.39 is 6.04 Å². The zero-order valence-electron chi connectivity index (χ0n) is 13.9. The molecule has 0 saturated carbocycles. The summed E-state index contributed by atoms with van der Waals surface area (Å²) < 4.78 is 11.6. The largest absolute Gasteiger partial charge is 0.497 e. The third kappa shape index (κ3) is 3.56. The number of carbonyl (C=O) groups excluding carboxylic acids is 1. The minimum atomic E-state index is -0.492. The number of ether oxygens (including phenoxy) is 2. The van der Waals surface area contributed by atoms with Gasteiger partial charge in [-0.2, -0.15) is 0 Å². The standard InChI is InChI=1S/C18H15N3O3S2/c1-23-12-4-5-13-15(7-12)26-17(20-13)16-21-14(10-25-16)18(22)24-9-11-3-2-6-19-8-11/h2-8,14H,9-10H2,1H3/t14-/m1/s1. The molecule has 3 heterocycles. The number of thioether (sulfide) groups is 1. The highest BCUT2D eigenvalue weighted by Gasteiger charge is 2.28. The summed E-state index contributed by atoms with van der Waals surface area (Å²) in [5, 5.41) is 1.61. The number of nitrogens with zero attached hydrogens (tertiary/aromatic N) is 3. The zero-order chi connectivity index (χ0) is 17.9. The molecule has 2 aromatic heterocycles. The van der Waals surface area contributed by atoms with Gasteiger partial charge >= 0.3 is 5.97 Å². The van der Waals surface area contributed by atoms with Crippen molar-refractivity contribution in [3.63, 3.8) is 0 Å². The van der Waals surface area contributed by atoms with Gasteiger partial charge in [-0.3, -0.25) is 9.98 Å². The van der Waals surface area contributed by atoms with E-state index in [9.17, 15) is 4.79 Å². The summed E-state index contributed by atoms with van der Waals surface area (Å²) in [7, 11) is 1.64. The SMILES string of the molecule is COc1ccc2nc(C3=N[C@@H](C(=O)OCc4cccnc4)CS3)sc2c1. The molecule has 0 N–H and O–H groups in total. The van der Waals surface area contributed by atoms with E-state index in [1.165, 1.54) is 11.8 Å². The van der Waals surface area contributed by atoms with Crippen LogP contribution in [-0.4, -0.2) is 39.9 Å². The molecular weight excluding hydrogens is 370 g/mol. The molecular formula is C18H15N3O3S2. The first-order chi connectivity index (χ1) is 12.7. The van der Waals surface area contributed by atoms with Crippen molar-refractivity contribution in [2.24, 2.45) is 4.99 Å². The van der Waals surface area contributed by atoms with Crippen molar-refractivity contribution < 1.29 is 14.3 Å². The lowest BCUT2D eigenvalue weighted by atomic mass is 10.3. The molecule has 0 spiro atoms. The molecule has 0 amide bonds. The molecule has 26 heavy (non-hydrogen) atoms. The van der Waals surface area contributed by atoms with Gasteiger partial charge in [-0.05, 0) is 24.3 Å². The van der Waals surface area contributed by atoms with Gasteiger partial charge in [0.2, 0.25) is 0 Å². The molecule has 132 valence electrons. The molecule has 1 atom stereocenters. The van der Waals surface area contributed by atoms with Crippen molar-refractivity contribution in [3.05, 3.63) is 53.3 Å². The monoisotopic (exact) mass is 385 g/mol. The summed E-state index contributed by atoms with van der Waals surface area (Å²) in [4.78, 5) is 25.4. The topological polar surface area (TPSA) is 73.7 Å². The zero-order valence-corrected chi connectivity index (χ0v) is 15.5. The summed E-state index contributed by atoms with van der Waals surface area (Å²) in [5.74, 6) is 1.05. The predicted molar refractivity (Wildman–Crippen MR) is 103 cm³/mol. The number of rotatable bonds is 5. The maximum atomic E-state index is 12.3. The normalized spacial score (nSPS) is 16.5. The van der Waals surface area contributed by atoms with Crippen LogP contribution in [0, 0.1) is 0 Å². The number of methoxy groups -OCH3 is 1. The van der Waals surface area contributed by atoms with Crippen molar-refractivity contribution in [1.82, 2.24) is 9.97 Å². The second-order valence-electron chi connectivity index (χ2n) is 5.58. The molecule has 6 nitrogen and oxygen atoms in total. The van der Waals surface area contributed by atoms with E-state index in [0.29, 0.717) is 5.75 Å². The van der Waals surface area contributed by atoms with Gasteiger partial charge in [0.05, 0.1) is 17.3 Å². The molecule has 4 rings (SSSR count). The molecule has 1 aromatic carbocycles. The Morgan fingerprint density at radius 1 is 1.35 bits per heavy atom. The molecule has 0 fully saturated rings. The van der Waals surface area contributed by atoms with Gasteiger partial charge in [0, 0.05) is 23.7 Å². The van der Waals surface area contributed by atoms with Crippen molar-refractivity contribution >= 4 is 44.3 Å². The Morgan fingerprint density at radius 3 is 3.08 bits per heavy atom. The lowest BCUT2D eigenvalue weighted by Crippen LogP contribution is -2.21. The summed E-state index contributed by atoms with van der Waals surface area (Å²) in [6, 6.07) is 8.95. The highest BCUT2D eigenvalue weighted by Crippen LogP contribution is 2.31. The van der Waals surface area contributed by atoms with Gasteiger partial charge in [0.15, 0.2) is 6.04 Å². The first-order valence-electron chi connectivity index (χ1n) is 7.94. The predicted octanol–water partition coefficient (Wildman–Crippen LogP) is 3.31. The van der Waals surface area contributed by atoms with Crippen LogP contribution in [0.4, 0.5) is 0 Å². The summed E-state index contributed by atoms with van der Waals surface area (Å²) in [5.41, 5.74) is 1.76. The maximum Gasteiger partial charge on any atom is 0.332 e. The molecule has 8 heteroatoms. The molecule has 0 radical (unpaired) electrons. The smallest absolute Gasteiger partial charge is 0.332 e. The fourth-order valence-electron chi connectivity index (χ4n) is 2.47. The Labute approximate surface area is 158 Å². The number of esters is 1. The number of aromatic nitrogens is 2. The maximum absolute atomic E-state index is 12.3. The number of thiazole rings is 1. The van der Waals surface area contributed by atoms with Gasteiger partial charge in [0.25, 0.3) is 0 Å². The molecule has 3 aromatic rings. The van der Waals surface area contributed by atoms with Gasteiger partial charge < -0.3 is 9.47 Å². The van der Waals surface area contributed by atoms with Gasteiger partial charge in [0.1, 0.15) is 22.4 Å². The lowest BCUT2D eigenvalue weighted by molar-refractivity contribution is -0.145. The Morgan fingerprint density at radius 2 is 2.27 bits per heavy atom. The Kier molecular flexibility index (Phi) is 4.85. The minimum absolute atomic E-state index is 0.208. The number of fused-ring (bicyclic) bond motifs is 1. The number of benzene rings is 1. The van der Waals surface area contributed by atoms with Crippen LogP contribution in [-0.2, 0) is 16.1 Å². The first kappa shape index (κ1) is 17.0. The molecule has 0 aliphatic carbocycles. The van der Waals surface area contributed by atoms with Crippen LogP contribution in [0.2, 0.25) is 0 Å². The fraction of sp³-hybridized carbons (Fsp3) is 0.222. The van der Waals surface area contributed by atoms with Crippen molar-refractivity contribution in [2.75, 3.05) is 12.9 Å². The van der Waals surface area contributed by atoms with E-state index in [-0.39, 0.29) is 12.6 Å². The average molecular weight is 385 g/mol. The Hall–Kier alpha value is -2.45. The van der Waals surface area contributed by atoms with Gasteiger partial charge in [-0.25, -0.2) is 9.78 Å². The van der Waals surface area contributed by atoms with E-state index in [2.05, 4.69) is 15.0 Å². The summed E-state index contributed by atoms with van der Waals surface area (Å²) in [6.45, 7) is 0.208. The Bertz CT molecular complexity index is 972. The summed E-state index contributed by atoms with van der Waals surface area (Å²) in [6.07, 6.45) is 3.36. The van der Waals surface area contributed by atoms with Crippen molar-refractivity contribution in [3.8, 4) is 5.75 Å². The van der Waals surface area contributed by atoms with Crippen molar-refractivity contribution in [2.45, 2.75) is 12.6 Å². The summed E-state index contributed by atoms with van der Waals surface area (Å²) >= 11 is 3.08. The number of pyridine rings is 1. The first-order valence-corrected chi connectivity index (χ1v) is 9.74. The Balaban J connectivity index is 1.46. The van der Waals surface area contributed by atoms with E-state index in [1.54, 1.807) is 30.8 Å². The highest BCUT2D eigenvalue weighted by molar-refractivity contribution is 8.15. The van der Waals surface area contributed by atoms with Crippen LogP contribution >= 0.6 is 23.1 Å². The fourth-order valence-corrected chi connectivity index (χ4v) is 4.55. The highest BCUT2D eigenvalue weighted by atomic mass is 32.2. The van der Waals surface area contributed by atoms with E-state index in [0.717, 1.165) is 31.6 Å². The van der Waals surface area contributed by atoms with Crippen LogP contribution < -0.4 is 4.74 Å². The van der Waals surface area contributed by atoms with Crippen LogP contribution in [0.3, 0.4) is 0 Å². The molecule has 1 aliphatic heterocycles. The third-order valence-corrected chi connectivity index (χ3v) is 6.01. The van der Waals surface area contributed by atoms with Gasteiger partial charge in [-0.15, -0.1) is 23.1 Å². The molecule has 0 unspecified atom stereocenters. The molecule has 0 bridgehead atoms. The second-order valence-corrected chi connectivity index (χ2v) is 7.62. The van der Waals surface area contributed by atoms with Gasteiger partial charge in [-0.1, -0.05) is 6.07 Å². The van der Waals surface area contributed by atoms with E-state index >= 15 is 0 Å². The second kappa shape index (κ2) is 7.43. The van der Waals surface area contributed by atoms with Crippen LogP contribution in [0.15, 0.2) is 47.7 Å². The number of aliphatic imine (C=N–C) groups is 1. The number of hydrogen-bond donors (Lipinski definition) is 0. The van der Waals surface area contributed by atoms with E-state index in [1.807, 2.05) is 30.3 Å².